The van der Waals surface area contributed by atoms with E-state index in [2.05, 4.69) is 10.3 Å². The summed E-state index contributed by atoms with van der Waals surface area (Å²) in [5.74, 6) is -0.589. The Balaban J connectivity index is 1.83. The minimum Gasteiger partial charge on any atom is -0.298 e. The monoisotopic (exact) mass is 427 g/mol. The van der Waals surface area contributed by atoms with E-state index in [4.69, 9.17) is 34.8 Å². The van der Waals surface area contributed by atoms with Crippen LogP contribution in [-0.2, 0) is 0 Å². The first-order chi connectivity index (χ1) is 12.3. The first kappa shape index (κ1) is 18.6. The second-order valence-electron chi connectivity index (χ2n) is 5.04. The van der Waals surface area contributed by atoms with Crippen LogP contribution in [0.4, 0.5) is 10.8 Å². The predicted octanol–water partition coefficient (Wildman–Crippen LogP) is 5.93. The maximum absolute atomic E-state index is 12.4. The minimum absolute atomic E-state index is 0.00726. The smallest absolute Gasteiger partial charge is 0.270 e. The lowest BCUT2D eigenvalue weighted by Crippen LogP contribution is -2.12. The van der Waals surface area contributed by atoms with Gasteiger partial charge in [-0.1, -0.05) is 40.9 Å². The summed E-state index contributed by atoms with van der Waals surface area (Å²) in [6.07, 6.45) is 0. The van der Waals surface area contributed by atoms with E-state index in [9.17, 15) is 14.9 Å². The number of non-ortho nitro benzene ring substituents is 1. The van der Waals surface area contributed by atoms with Crippen LogP contribution in [0.5, 0.6) is 0 Å². The van der Waals surface area contributed by atoms with Crippen LogP contribution in [0.1, 0.15) is 10.4 Å². The van der Waals surface area contributed by atoms with Gasteiger partial charge in [-0.2, -0.15) is 0 Å². The molecule has 0 atom stereocenters. The number of nitro groups is 1. The molecular weight excluding hydrogens is 421 g/mol. The van der Waals surface area contributed by atoms with Crippen LogP contribution in [0.2, 0.25) is 15.1 Å². The summed E-state index contributed by atoms with van der Waals surface area (Å²) in [4.78, 5) is 26.9. The minimum atomic E-state index is -0.598. The Labute approximate surface area is 166 Å². The van der Waals surface area contributed by atoms with Gasteiger partial charge in [0.1, 0.15) is 0 Å². The predicted molar refractivity (Wildman–Crippen MR) is 104 cm³/mol. The molecule has 10 heteroatoms. The van der Waals surface area contributed by atoms with Gasteiger partial charge in [-0.3, -0.25) is 20.2 Å². The number of hydrogen-bond donors (Lipinski definition) is 1. The van der Waals surface area contributed by atoms with Crippen molar-refractivity contribution in [1.29, 1.82) is 0 Å². The summed E-state index contributed by atoms with van der Waals surface area (Å²) in [6, 6.07) is 8.72. The van der Waals surface area contributed by atoms with E-state index in [0.29, 0.717) is 20.9 Å². The number of hydrogen-bond acceptors (Lipinski definition) is 5. The average molecular weight is 429 g/mol. The Hall–Kier alpha value is -2.19. The fourth-order valence-corrected chi connectivity index (χ4v) is 3.30. The molecule has 1 N–H and O–H groups in total. The highest BCUT2D eigenvalue weighted by atomic mass is 35.5. The second-order valence-corrected chi connectivity index (χ2v) is 7.12. The molecule has 1 aromatic heterocycles. The molecule has 1 amide bonds. The van der Waals surface area contributed by atoms with Crippen LogP contribution in [0.25, 0.3) is 11.3 Å². The molecule has 0 bridgehead atoms. The zero-order valence-electron chi connectivity index (χ0n) is 12.7. The maximum Gasteiger partial charge on any atom is 0.270 e. The zero-order valence-corrected chi connectivity index (χ0v) is 15.8. The molecular formula is C16H8Cl3N3O3S. The van der Waals surface area contributed by atoms with Gasteiger partial charge in [0, 0.05) is 23.1 Å². The average Bonchev–Trinajstić information content (AvgIpc) is 3.05. The number of thiazole rings is 1. The number of halogens is 3. The number of anilines is 1. The molecule has 0 aliphatic rings. The van der Waals surface area contributed by atoms with E-state index in [1.807, 2.05) is 0 Å². The molecule has 6 nitrogen and oxygen atoms in total. The largest absolute Gasteiger partial charge is 0.298 e. The summed E-state index contributed by atoms with van der Waals surface area (Å²) < 4.78 is 0. The topological polar surface area (TPSA) is 85.1 Å². The third kappa shape index (κ3) is 3.96. The van der Waals surface area contributed by atoms with E-state index in [1.54, 1.807) is 23.6 Å². The number of carbonyl (C=O) groups excluding carboxylic acids is 1. The van der Waals surface area contributed by atoms with Crippen LogP contribution < -0.4 is 5.32 Å². The zero-order chi connectivity index (χ0) is 18.8. The summed E-state index contributed by atoms with van der Waals surface area (Å²) >= 11 is 19.1. The lowest BCUT2D eigenvalue weighted by molar-refractivity contribution is -0.384. The molecule has 0 radical (unpaired) electrons. The van der Waals surface area contributed by atoms with Crippen LogP contribution >= 0.6 is 46.1 Å². The summed E-state index contributed by atoms with van der Waals surface area (Å²) in [7, 11) is 0. The lowest BCUT2D eigenvalue weighted by atomic mass is 10.2. The highest BCUT2D eigenvalue weighted by molar-refractivity contribution is 7.14. The van der Waals surface area contributed by atoms with Gasteiger partial charge in [0.15, 0.2) is 5.13 Å². The van der Waals surface area contributed by atoms with Crippen molar-refractivity contribution in [2.75, 3.05) is 5.32 Å². The lowest BCUT2D eigenvalue weighted by Gasteiger charge is -2.04. The second kappa shape index (κ2) is 7.59. The molecule has 132 valence electrons. The van der Waals surface area contributed by atoms with Crippen LogP contribution in [0.3, 0.4) is 0 Å². The molecule has 0 aliphatic carbocycles. The van der Waals surface area contributed by atoms with Gasteiger partial charge in [-0.25, -0.2) is 4.98 Å². The first-order valence-corrected chi connectivity index (χ1v) is 9.03. The number of nitrogens with zero attached hydrogens (tertiary/aromatic N) is 2. The number of aromatic nitrogens is 1. The molecule has 3 aromatic rings. The Kier molecular flexibility index (Phi) is 5.43. The maximum atomic E-state index is 12.4. The number of carbonyl (C=O) groups is 1. The number of nitro benzene ring substituents is 1. The molecule has 0 unspecified atom stereocenters. The normalized spacial score (nSPS) is 10.6. The molecule has 26 heavy (non-hydrogen) atoms. The van der Waals surface area contributed by atoms with Gasteiger partial charge in [0.05, 0.1) is 31.2 Å². The van der Waals surface area contributed by atoms with E-state index in [-0.39, 0.29) is 16.3 Å². The molecule has 0 aliphatic heterocycles. The molecule has 1 heterocycles. The van der Waals surface area contributed by atoms with Gasteiger partial charge < -0.3 is 0 Å². The van der Waals surface area contributed by atoms with Crippen molar-refractivity contribution in [3.63, 3.8) is 0 Å². The van der Waals surface area contributed by atoms with Crippen molar-refractivity contribution in [2.24, 2.45) is 0 Å². The Morgan fingerprint density at radius 3 is 2.50 bits per heavy atom. The van der Waals surface area contributed by atoms with E-state index in [1.165, 1.54) is 23.5 Å². The molecule has 0 saturated carbocycles. The Bertz CT molecular complexity index is 1020. The molecule has 2 aromatic carbocycles. The van der Waals surface area contributed by atoms with Crippen LogP contribution in [0.15, 0.2) is 41.8 Å². The number of nitrogens with one attached hydrogen (secondary N) is 1. The molecule has 0 spiro atoms. The van der Waals surface area contributed by atoms with Gasteiger partial charge in [-0.15, -0.1) is 11.3 Å². The Morgan fingerprint density at radius 1 is 1.08 bits per heavy atom. The third-order valence-electron chi connectivity index (χ3n) is 3.35. The number of amides is 1. The van der Waals surface area contributed by atoms with Crippen molar-refractivity contribution in [3.8, 4) is 11.3 Å². The SMILES string of the molecule is O=C(Nc1nc(-c2ccc(Cl)c(Cl)c2)cs1)c1cc([N+](=O)[O-])ccc1Cl. The fraction of sp³-hybridized carbons (Fsp3) is 0. The van der Waals surface area contributed by atoms with Gasteiger partial charge in [0.2, 0.25) is 0 Å². The van der Waals surface area contributed by atoms with E-state index in [0.717, 1.165) is 11.6 Å². The van der Waals surface area contributed by atoms with Gasteiger partial charge in [0.25, 0.3) is 11.6 Å². The van der Waals surface area contributed by atoms with Crippen molar-refractivity contribution in [1.82, 2.24) is 4.98 Å². The summed E-state index contributed by atoms with van der Waals surface area (Å²) in [5.41, 5.74) is 1.11. The van der Waals surface area contributed by atoms with Gasteiger partial charge >= 0.3 is 0 Å². The molecule has 3 rings (SSSR count). The van der Waals surface area contributed by atoms with Crippen LogP contribution in [0, 0.1) is 10.1 Å². The standard InChI is InChI=1S/C16H8Cl3N3O3S/c17-11-4-2-9(22(24)25)6-10(11)15(23)21-16-20-14(7-26-16)8-1-3-12(18)13(19)5-8/h1-7H,(H,20,21,23). The van der Waals surface area contributed by atoms with Crippen molar-refractivity contribution >= 4 is 62.9 Å². The summed E-state index contributed by atoms with van der Waals surface area (Å²) in [6.45, 7) is 0. The number of benzene rings is 2. The quantitative estimate of drug-likeness (QED) is 0.412. The van der Waals surface area contributed by atoms with E-state index < -0.39 is 10.8 Å². The fourth-order valence-electron chi connectivity index (χ4n) is 2.08. The molecule has 0 fully saturated rings. The van der Waals surface area contributed by atoms with Crippen LogP contribution in [-0.4, -0.2) is 15.8 Å². The van der Waals surface area contributed by atoms with Crippen molar-refractivity contribution < 1.29 is 9.72 Å². The third-order valence-corrected chi connectivity index (χ3v) is 5.17. The highest BCUT2D eigenvalue weighted by Gasteiger charge is 2.17. The van der Waals surface area contributed by atoms with Crippen molar-refractivity contribution in [3.05, 3.63) is 72.5 Å². The van der Waals surface area contributed by atoms with E-state index >= 15 is 0 Å². The molecule has 0 saturated heterocycles. The summed E-state index contributed by atoms with van der Waals surface area (Å²) in [5, 5.41) is 16.4. The van der Waals surface area contributed by atoms with Crippen molar-refractivity contribution in [2.45, 2.75) is 0 Å². The Morgan fingerprint density at radius 2 is 1.81 bits per heavy atom. The number of rotatable bonds is 4. The van der Waals surface area contributed by atoms with Gasteiger partial charge in [-0.05, 0) is 18.2 Å². The highest BCUT2D eigenvalue weighted by Crippen LogP contribution is 2.31. The first-order valence-electron chi connectivity index (χ1n) is 7.01.